The monoisotopic (exact) mass is 289 g/mol. The number of phenolic OH excluding ortho intramolecular Hbond substituents is 1. The van der Waals surface area contributed by atoms with Gasteiger partial charge in [-0.3, -0.25) is 0 Å². The summed E-state index contributed by atoms with van der Waals surface area (Å²) in [6, 6.07) is 14.3. The van der Waals surface area contributed by atoms with Crippen molar-refractivity contribution in [2.24, 2.45) is 0 Å². The molecule has 0 bridgehead atoms. The maximum atomic E-state index is 10.3. The molecular weight excluding hydrogens is 270 g/mol. The minimum Gasteiger partial charge on any atom is -0.507 e. The molecule has 2 N–H and O–H groups in total. The molecule has 0 radical (unpaired) electrons. The Morgan fingerprint density at radius 3 is 2.45 bits per heavy atom. The van der Waals surface area contributed by atoms with E-state index in [-0.39, 0.29) is 5.54 Å². The van der Waals surface area contributed by atoms with E-state index >= 15 is 0 Å². The van der Waals surface area contributed by atoms with E-state index in [0.29, 0.717) is 5.75 Å². The molecule has 4 rings (SSSR count). The van der Waals surface area contributed by atoms with Gasteiger partial charge in [0.2, 0.25) is 0 Å². The lowest BCUT2D eigenvalue weighted by Crippen LogP contribution is -2.31. The lowest BCUT2D eigenvalue weighted by molar-refractivity contribution is 0.482. The van der Waals surface area contributed by atoms with Crippen molar-refractivity contribution in [1.29, 1.82) is 0 Å². The first kappa shape index (κ1) is 13.2. The van der Waals surface area contributed by atoms with Crippen LogP contribution in [0.5, 0.6) is 5.75 Å². The van der Waals surface area contributed by atoms with Gasteiger partial charge in [-0.2, -0.15) is 0 Å². The Morgan fingerprint density at radius 2 is 1.68 bits per heavy atom. The fourth-order valence-corrected chi connectivity index (χ4v) is 3.57. The van der Waals surface area contributed by atoms with E-state index in [9.17, 15) is 5.11 Å². The third kappa shape index (κ3) is 1.87. The molecule has 0 amide bonds. The van der Waals surface area contributed by atoms with Crippen LogP contribution in [0.15, 0.2) is 48.5 Å². The highest BCUT2D eigenvalue weighted by Crippen LogP contribution is 2.40. The summed E-state index contributed by atoms with van der Waals surface area (Å²) >= 11 is 0. The zero-order valence-corrected chi connectivity index (χ0v) is 13.1. The van der Waals surface area contributed by atoms with Gasteiger partial charge in [0, 0.05) is 16.6 Å². The third-order valence-corrected chi connectivity index (χ3v) is 4.43. The second kappa shape index (κ2) is 4.26. The number of benzene rings is 3. The molecule has 110 valence electrons. The molecule has 3 aromatic rings. The van der Waals surface area contributed by atoms with Crippen LogP contribution in [0.3, 0.4) is 0 Å². The predicted octanol–water partition coefficient (Wildman–Crippen LogP) is 5.31. The molecule has 0 aromatic heterocycles. The molecule has 2 nitrogen and oxygen atoms in total. The smallest absolute Gasteiger partial charge is 0.124 e. The van der Waals surface area contributed by atoms with Crippen LogP contribution in [0.2, 0.25) is 0 Å². The Balaban J connectivity index is 2.11. The molecule has 2 heteroatoms. The highest BCUT2D eigenvalue weighted by molar-refractivity contribution is 6.12. The highest BCUT2D eigenvalue weighted by Gasteiger charge is 2.23. The Hall–Kier alpha value is -2.48. The molecule has 0 aliphatic carbocycles. The first-order chi connectivity index (χ1) is 10.4. The van der Waals surface area contributed by atoms with Gasteiger partial charge in [-0.25, -0.2) is 0 Å². The van der Waals surface area contributed by atoms with Gasteiger partial charge in [0.25, 0.3) is 0 Å². The van der Waals surface area contributed by atoms with E-state index in [4.69, 9.17) is 0 Å². The maximum Gasteiger partial charge on any atom is 0.124 e. The summed E-state index contributed by atoms with van der Waals surface area (Å²) in [5.41, 5.74) is 3.61. The Morgan fingerprint density at radius 1 is 0.955 bits per heavy atom. The quantitative estimate of drug-likeness (QED) is 0.550. The van der Waals surface area contributed by atoms with E-state index in [1.165, 1.54) is 16.5 Å². The van der Waals surface area contributed by atoms with Gasteiger partial charge in [-0.05, 0) is 60.7 Å². The molecule has 0 atom stereocenters. The molecule has 22 heavy (non-hydrogen) atoms. The second-order valence-corrected chi connectivity index (χ2v) is 6.73. The minimum absolute atomic E-state index is 0.0519. The summed E-state index contributed by atoms with van der Waals surface area (Å²) in [6.07, 6.45) is 2.27. The normalized spacial score (nSPS) is 16.2. The summed E-state index contributed by atoms with van der Waals surface area (Å²) in [6.45, 7) is 6.50. The van der Waals surface area contributed by atoms with Crippen LogP contribution in [0.1, 0.15) is 26.3 Å². The van der Waals surface area contributed by atoms with Crippen molar-refractivity contribution in [3.05, 3.63) is 54.1 Å². The van der Waals surface area contributed by atoms with E-state index in [0.717, 1.165) is 21.8 Å². The molecule has 1 aliphatic rings. The van der Waals surface area contributed by atoms with Crippen LogP contribution in [0, 0.1) is 0 Å². The first-order valence-electron chi connectivity index (χ1n) is 7.61. The summed E-state index contributed by atoms with van der Waals surface area (Å²) in [7, 11) is 0. The zero-order valence-electron chi connectivity index (χ0n) is 13.1. The SMILES string of the molecule is CC1=CC(C)(C)Nc2cc3cc(O)c4ccccc4c3cc21. The number of anilines is 1. The van der Waals surface area contributed by atoms with E-state index in [1.807, 2.05) is 24.3 Å². The molecule has 0 fully saturated rings. The minimum atomic E-state index is -0.0519. The zero-order chi connectivity index (χ0) is 15.5. The molecule has 1 aliphatic heterocycles. The number of hydrogen-bond donors (Lipinski definition) is 2. The second-order valence-electron chi connectivity index (χ2n) is 6.73. The van der Waals surface area contributed by atoms with Crippen molar-refractivity contribution < 1.29 is 5.11 Å². The number of nitrogens with one attached hydrogen (secondary N) is 1. The van der Waals surface area contributed by atoms with Crippen LogP contribution in [-0.2, 0) is 0 Å². The molecule has 0 saturated heterocycles. The van der Waals surface area contributed by atoms with E-state index in [1.54, 1.807) is 0 Å². The maximum absolute atomic E-state index is 10.3. The van der Waals surface area contributed by atoms with Gasteiger partial charge in [-0.15, -0.1) is 0 Å². The fourth-order valence-electron chi connectivity index (χ4n) is 3.57. The molecule has 0 saturated carbocycles. The summed E-state index contributed by atoms with van der Waals surface area (Å²) in [5.74, 6) is 0.338. The van der Waals surface area contributed by atoms with E-state index < -0.39 is 0 Å². The molecule has 3 aromatic carbocycles. The van der Waals surface area contributed by atoms with Crippen molar-refractivity contribution in [3.63, 3.8) is 0 Å². The number of fused-ring (bicyclic) bond motifs is 4. The average molecular weight is 289 g/mol. The number of phenols is 1. The van der Waals surface area contributed by atoms with Gasteiger partial charge < -0.3 is 10.4 Å². The molecule has 1 heterocycles. The van der Waals surface area contributed by atoms with Crippen molar-refractivity contribution in [1.82, 2.24) is 0 Å². The van der Waals surface area contributed by atoms with E-state index in [2.05, 4.69) is 50.4 Å². The van der Waals surface area contributed by atoms with Gasteiger partial charge in [0.1, 0.15) is 5.75 Å². The highest BCUT2D eigenvalue weighted by atomic mass is 16.3. The molecular formula is C20H19NO. The number of aromatic hydroxyl groups is 1. The van der Waals surface area contributed by atoms with Crippen LogP contribution in [0.25, 0.3) is 27.1 Å². The largest absolute Gasteiger partial charge is 0.507 e. The third-order valence-electron chi connectivity index (χ3n) is 4.43. The van der Waals surface area contributed by atoms with Crippen LogP contribution < -0.4 is 5.32 Å². The van der Waals surface area contributed by atoms with Gasteiger partial charge >= 0.3 is 0 Å². The van der Waals surface area contributed by atoms with Gasteiger partial charge in [-0.1, -0.05) is 30.3 Å². The van der Waals surface area contributed by atoms with Crippen molar-refractivity contribution in [2.75, 3.05) is 5.32 Å². The summed E-state index contributed by atoms with van der Waals surface area (Å²) < 4.78 is 0. The predicted molar refractivity (Wildman–Crippen MR) is 94.5 cm³/mol. The van der Waals surface area contributed by atoms with Crippen LogP contribution in [0.4, 0.5) is 5.69 Å². The summed E-state index contributed by atoms with van der Waals surface area (Å²) in [5, 5.41) is 18.1. The average Bonchev–Trinajstić information content (AvgIpc) is 2.45. The lowest BCUT2D eigenvalue weighted by Gasteiger charge is -2.31. The fraction of sp³-hybridized carbons (Fsp3) is 0.200. The number of allylic oxidation sites excluding steroid dienone is 1. The van der Waals surface area contributed by atoms with Crippen LogP contribution in [-0.4, -0.2) is 10.6 Å². The Kier molecular flexibility index (Phi) is 2.56. The van der Waals surface area contributed by atoms with Crippen molar-refractivity contribution in [2.45, 2.75) is 26.3 Å². The van der Waals surface area contributed by atoms with Gasteiger partial charge in [0.05, 0.1) is 5.54 Å². The number of rotatable bonds is 0. The van der Waals surface area contributed by atoms with Crippen LogP contribution >= 0.6 is 0 Å². The Labute approximate surface area is 130 Å². The lowest BCUT2D eigenvalue weighted by atomic mass is 9.88. The van der Waals surface area contributed by atoms with Crippen molar-refractivity contribution >= 4 is 32.8 Å². The first-order valence-corrected chi connectivity index (χ1v) is 7.61. The van der Waals surface area contributed by atoms with Gasteiger partial charge in [0.15, 0.2) is 0 Å². The molecule has 0 unspecified atom stereocenters. The standard InChI is InChI=1S/C20H19NO/c1-12-11-20(2,3)21-18-8-13-9-19(22)15-7-5-4-6-14(15)17(13)10-16(12)18/h4-11,21-22H,1-3H3. The topological polar surface area (TPSA) is 32.3 Å². The molecule has 0 spiro atoms. The van der Waals surface area contributed by atoms with Crippen molar-refractivity contribution in [3.8, 4) is 5.75 Å². The Bertz CT molecular complexity index is 951. The number of hydrogen-bond acceptors (Lipinski definition) is 2. The summed E-state index contributed by atoms with van der Waals surface area (Å²) in [4.78, 5) is 0.